The van der Waals surface area contributed by atoms with Crippen LogP contribution >= 0.6 is 11.3 Å². The SMILES string of the molecule is CN(CC(O)CO)c1ccc2nc(Nc3cc(Cc4ccccc4)nc(N[C@H]4CC[C@H](O)CC4)n3)sc2n1. The van der Waals surface area contributed by atoms with Gasteiger partial charge >= 0.3 is 0 Å². The predicted octanol–water partition coefficient (Wildman–Crippen LogP) is 3.32. The lowest BCUT2D eigenvalue weighted by molar-refractivity contribution is 0.101. The Morgan fingerprint density at radius 1 is 1.03 bits per heavy atom. The highest BCUT2D eigenvalue weighted by Gasteiger charge is 2.20. The molecular formula is C27H33N7O3S. The van der Waals surface area contributed by atoms with E-state index in [9.17, 15) is 10.2 Å². The lowest BCUT2D eigenvalue weighted by atomic mass is 9.93. The molecular weight excluding hydrogens is 502 g/mol. The predicted molar refractivity (Wildman–Crippen MR) is 150 cm³/mol. The molecule has 1 aromatic carbocycles. The fourth-order valence-corrected chi connectivity index (χ4v) is 5.41. The lowest BCUT2D eigenvalue weighted by Crippen LogP contribution is -2.31. The second-order valence-electron chi connectivity index (χ2n) is 9.73. The number of pyridine rings is 1. The quantitative estimate of drug-likeness (QED) is 0.205. The Labute approximate surface area is 225 Å². The first-order valence-electron chi connectivity index (χ1n) is 12.9. The van der Waals surface area contributed by atoms with Crippen LogP contribution in [0.15, 0.2) is 48.5 Å². The Bertz CT molecular complexity index is 1350. The Morgan fingerprint density at radius 2 is 1.82 bits per heavy atom. The third kappa shape index (κ3) is 6.73. The molecule has 0 saturated heterocycles. The van der Waals surface area contributed by atoms with Crippen LogP contribution in [0.1, 0.15) is 36.9 Å². The summed E-state index contributed by atoms with van der Waals surface area (Å²) >= 11 is 1.42. The van der Waals surface area contributed by atoms with E-state index in [0.717, 1.165) is 47.3 Å². The Morgan fingerprint density at radius 3 is 2.58 bits per heavy atom. The average Bonchev–Trinajstić information content (AvgIpc) is 3.31. The number of benzene rings is 1. The molecule has 5 N–H and O–H groups in total. The zero-order chi connectivity index (χ0) is 26.5. The van der Waals surface area contributed by atoms with Gasteiger partial charge in [0.2, 0.25) is 5.95 Å². The fourth-order valence-electron chi connectivity index (χ4n) is 4.57. The Kier molecular flexibility index (Phi) is 8.28. The van der Waals surface area contributed by atoms with Crippen molar-refractivity contribution >= 4 is 44.4 Å². The van der Waals surface area contributed by atoms with Crippen LogP contribution < -0.4 is 15.5 Å². The summed E-state index contributed by atoms with van der Waals surface area (Å²) < 4.78 is 0. The summed E-state index contributed by atoms with van der Waals surface area (Å²) in [5, 5.41) is 36.2. The van der Waals surface area contributed by atoms with Gasteiger partial charge in [0.05, 0.1) is 24.5 Å². The van der Waals surface area contributed by atoms with E-state index in [4.69, 9.17) is 15.1 Å². The van der Waals surface area contributed by atoms with Gasteiger partial charge in [-0.05, 0) is 43.4 Å². The van der Waals surface area contributed by atoms with Crippen molar-refractivity contribution in [1.29, 1.82) is 0 Å². The number of aliphatic hydroxyl groups excluding tert-OH is 3. The molecule has 3 aromatic heterocycles. The minimum Gasteiger partial charge on any atom is -0.394 e. The number of nitrogens with zero attached hydrogens (tertiary/aromatic N) is 5. The lowest BCUT2D eigenvalue weighted by Gasteiger charge is -2.26. The van der Waals surface area contributed by atoms with E-state index in [1.54, 1.807) is 4.90 Å². The summed E-state index contributed by atoms with van der Waals surface area (Å²) in [5.74, 6) is 1.90. The van der Waals surface area contributed by atoms with E-state index in [2.05, 4.69) is 32.7 Å². The monoisotopic (exact) mass is 535 g/mol. The number of hydrogen-bond acceptors (Lipinski definition) is 11. The van der Waals surface area contributed by atoms with Crippen LogP contribution in [0.2, 0.25) is 0 Å². The van der Waals surface area contributed by atoms with Gasteiger partial charge in [0.15, 0.2) is 5.13 Å². The molecule has 0 amide bonds. The van der Waals surface area contributed by atoms with Crippen molar-refractivity contribution in [3.8, 4) is 0 Å². The smallest absolute Gasteiger partial charge is 0.225 e. The Balaban J connectivity index is 1.37. The Hall–Kier alpha value is -3.38. The number of aliphatic hydroxyl groups is 3. The number of hydrogen-bond donors (Lipinski definition) is 5. The molecule has 1 aliphatic rings. The van der Waals surface area contributed by atoms with E-state index >= 15 is 0 Å². The molecule has 1 aliphatic carbocycles. The molecule has 1 saturated carbocycles. The second kappa shape index (κ2) is 12.0. The highest BCUT2D eigenvalue weighted by Crippen LogP contribution is 2.29. The van der Waals surface area contributed by atoms with Crippen LogP contribution in [-0.4, -0.2) is 73.7 Å². The average molecular weight is 536 g/mol. The zero-order valence-corrected chi connectivity index (χ0v) is 22.1. The minimum absolute atomic E-state index is 0.219. The molecule has 38 heavy (non-hydrogen) atoms. The highest BCUT2D eigenvalue weighted by atomic mass is 32.1. The van der Waals surface area contributed by atoms with E-state index in [1.165, 1.54) is 11.3 Å². The molecule has 0 radical (unpaired) electrons. The number of nitrogens with one attached hydrogen (secondary N) is 2. The van der Waals surface area contributed by atoms with Gasteiger partial charge in [0.1, 0.15) is 22.0 Å². The van der Waals surface area contributed by atoms with Crippen molar-refractivity contribution < 1.29 is 15.3 Å². The molecule has 1 unspecified atom stereocenters. The molecule has 0 aliphatic heterocycles. The largest absolute Gasteiger partial charge is 0.394 e. The topological polar surface area (TPSA) is 140 Å². The van der Waals surface area contributed by atoms with E-state index < -0.39 is 6.10 Å². The number of aromatic nitrogens is 4. The third-order valence-electron chi connectivity index (χ3n) is 6.60. The van der Waals surface area contributed by atoms with E-state index in [-0.39, 0.29) is 25.3 Å². The van der Waals surface area contributed by atoms with Gasteiger partial charge in [-0.3, -0.25) is 0 Å². The van der Waals surface area contributed by atoms with Gasteiger partial charge in [-0.15, -0.1) is 0 Å². The molecule has 1 atom stereocenters. The van der Waals surface area contributed by atoms with Gasteiger partial charge in [-0.1, -0.05) is 41.7 Å². The fraction of sp³-hybridized carbons (Fsp3) is 0.407. The number of anilines is 4. The number of likely N-dealkylation sites (N-methyl/N-ethyl adjacent to an activating group) is 1. The van der Waals surface area contributed by atoms with Gasteiger partial charge in [0.25, 0.3) is 0 Å². The molecule has 5 rings (SSSR count). The minimum atomic E-state index is -0.833. The number of thiazole rings is 1. The van der Waals surface area contributed by atoms with Crippen molar-refractivity contribution in [3.05, 3.63) is 59.8 Å². The summed E-state index contributed by atoms with van der Waals surface area (Å²) in [6.07, 6.45) is 2.94. The maximum Gasteiger partial charge on any atom is 0.225 e. The van der Waals surface area contributed by atoms with Crippen LogP contribution in [-0.2, 0) is 6.42 Å². The van der Waals surface area contributed by atoms with Gasteiger partial charge in [-0.2, -0.15) is 4.98 Å². The normalized spacial score (nSPS) is 18.3. The van der Waals surface area contributed by atoms with Crippen LogP contribution in [0.5, 0.6) is 0 Å². The highest BCUT2D eigenvalue weighted by molar-refractivity contribution is 7.21. The molecule has 3 heterocycles. The van der Waals surface area contributed by atoms with Crippen LogP contribution in [0, 0.1) is 0 Å². The van der Waals surface area contributed by atoms with Crippen LogP contribution in [0.4, 0.5) is 22.7 Å². The molecule has 10 nitrogen and oxygen atoms in total. The van der Waals surface area contributed by atoms with Crippen molar-refractivity contribution in [2.24, 2.45) is 0 Å². The van der Waals surface area contributed by atoms with E-state index in [0.29, 0.717) is 29.1 Å². The standard InChI is InChI=1S/C27H33N7O3S/c1-34(15-21(37)16-35)24-12-11-22-25(33-24)38-27(30-22)32-23-14-19(13-17-5-3-2-4-6-17)29-26(31-23)28-18-7-9-20(36)10-8-18/h2-6,11-12,14,18,20-21,35-37H,7-10,13,15-16H2,1H3,(H2,28,29,30,31,32)/t18-,20-,21?. The summed E-state index contributed by atoms with van der Waals surface area (Å²) in [6, 6.07) is 16.1. The first kappa shape index (κ1) is 26.2. The maximum atomic E-state index is 9.86. The van der Waals surface area contributed by atoms with Crippen molar-refractivity contribution in [2.75, 3.05) is 35.7 Å². The summed E-state index contributed by atoms with van der Waals surface area (Å²) in [4.78, 5) is 21.4. The molecule has 4 aromatic rings. The van der Waals surface area contributed by atoms with Gasteiger partial charge in [0, 0.05) is 32.1 Å². The number of fused-ring (bicyclic) bond motifs is 1. The number of rotatable bonds is 10. The van der Waals surface area contributed by atoms with Crippen LogP contribution in [0.3, 0.4) is 0 Å². The molecule has 11 heteroatoms. The molecule has 0 bridgehead atoms. The van der Waals surface area contributed by atoms with Crippen molar-refractivity contribution in [3.63, 3.8) is 0 Å². The molecule has 1 fully saturated rings. The van der Waals surface area contributed by atoms with Gasteiger partial charge in [-0.25, -0.2) is 15.0 Å². The van der Waals surface area contributed by atoms with E-state index in [1.807, 2.05) is 43.4 Å². The second-order valence-corrected chi connectivity index (χ2v) is 10.7. The van der Waals surface area contributed by atoms with Crippen LogP contribution in [0.25, 0.3) is 10.3 Å². The molecule has 0 spiro atoms. The summed E-state index contributed by atoms with van der Waals surface area (Å²) in [7, 11) is 1.82. The van der Waals surface area contributed by atoms with Gasteiger partial charge < -0.3 is 30.9 Å². The van der Waals surface area contributed by atoms with Crippen molar-refractivity contribution in [2.45, 2.75) is 50.4 Å². The first-order chi connectivity index (χ1) is 18.4. The zero-order valence-electron chi connectivity index (χ0n) is 21.3. The third-order valence-corrected chi connectivity index (χ3v) is 7.48. The first-order valence-corrected chi connectivity index (χ1v) is 13.7. The van der Waals surface area contributed by atoms with Crippen molar-refractivity contribution in [1.82, 2.24) is 19.9 Å². The molecule has 200 valence electrons. The maximum absolute atomic E-state index is 9.86. The summed E-state index contributed by atoms with van der Waals surface area (Å²) in [6.45, 7) is -0.0221. The summed E-state index contributed by atoms with van der Waals surface area (Å²) in [5.41, 5.74) is 2.81.